The number of Topliss-reactive ketones (excluding diaryl/α,β-unsaturated/α-hetero) is 1. The minimum Gasteiger partial charge on any atom is -0.372 e. The summed E-state index contributed by atoms with van der Waals surface area (Å²) in [5, 5.41) is 13.1. The summed E-state index contributed by atoms with van der Waals surface area (Å²) < 4.78 is 1.68. The molecule has 2 aliphatic heterocycles. The lowest BCUT2D eigenvalue weighted by atomic mass is 9.89. The second kappa shape index (κ2) is 10.4. The third kappa shape index (κ3) is 4.53. The Hall–Kier alpha value is -4.80. The van der Waals surface area contributed by atoms with Crippen molar-refractivity contribution < 1.29 is 14.4 Å². The zero-order valence-electron chi connectivity index (χ0n) is 22.3. The Morgan fingerprint density at radius 3 is 2.42 bits per heavy atom. The summed E-state index contributed by atoms with van der Waals surface area (Å²) in [6, 6.07) is 13.1. The molecule has 0 bridgehead atoms. The van der Waals surface area contributed by atoms with E-state index in [1.54, 1.807) is 22.7 Å². The van der Waals surface area contributed by atoms with Gasteiger partial charge in [0.15, 0.2) is 11.4 Å². The van der Waals surface area contributed by atoms with Gasteiger partial charge >= 0.3 is 6.03 Å². The molecule has 2 aliphatic rings. The number of benzene rings is 1. The van der Waals surface area contributed by atoms with E-state index in [0.29, 0.717) is 55.2 Å². The molecule has 0 spiro atoms. The first kappa shape index (κ1) is 25.5. The number of nitrogens with zero attached hydrogens (tertiary/aromatic N) is 5. The minimum absolute atomic E-state index is 0.0160. The van der Waals surface area contributed by atoms with Crippen molar-refractivity contribution in [1.82, 2.24) is 35.1 Å². The molecule has 4 aromatic rings. The first-order chi connectivity index (χ1) is 19.4. The summed E-state index contributed by atoms with van der Waals surface area (Å²) in [5.74, 6) is 0.383. The molecule has 3 amide bonds. The Bertz CT molecular complexity index is 1590. The number of urea groups is 1. The van der Waals surface area contributed by atoms with Crippen LogP contribution in [0.5, 0.6) is 0 Å². The van der Waals surface area contributed by atoms with Crippen LogP contribution in [0.15, 0.2) is 54.9 Å². The fourth-order valence-electron chi connectivity index (χ4n) is 5.62. The molecule has 2 saturated heterocycles. The van der Waals surface area contributed by atoms with Gasteiger partial charge in [0.2, 0.25) is 5.91 Å². The zero-order chi connectivity index (χ0) is 27.8. The van der Waals surface area contributed by atoms with Gasteiger partial charge in [0, 0.05) is 55.5 Å². The first-order valence-corrected chi connectivity index (χ1v) is 13.4. The molecule has 1 atom stereocenters. The highest BCUT2D eigenvalue weighted by atomic mass is 16.2. The van der Waals surface area contributed by atoms with Gasteiger partial charge in [-0.2, -0.15) is 9.61 Å². The molecule has 1 unspecified atom stereocenters. The fraction of sp³-hybridized carbons (Fsp3) is 0.310. The molecule has 0 radical (unpaired) electrons. The molecule has 0 saturated carbocycles. The second-order valence-electron chi connectivity index (χ2n) is 10.1. The van der Waals surface area contributed by atoms with Crippen LogP contribution in [0.25, 0.3) is 28.0 Å². The van der Waals surface area contributed by atoms with Gasteiger partial charge in [-0.25, -0.2) is 9.78 Å². The van der Waals surface area contributed by atoms with Crippen molar-refractivity contribution in [1.29, 1.82) is 0 Å². The van der Waals surface area contributed by atoms with Crippen LogP contribution >= 0.6 is 0 Å². The van der Waals surface area contributed by atoms with Crippen LogP contribution < -0.4 is 16.0 Å². The van der Waals surface area contributed by atoms with E-state index in [2.05, 4.69) is 26.0 Å². The molecule has 11 heteroatoms. The number of carbonyl (C=O) groups is 3. The Labute approximate surface area is 231 Å². The molecule has 11 nitrogen and oxygen atoms in total. The average molecular weight is 539 g/mol. The summed E-state index contributed by atoms with van der Waals surface area (Å²) in [4.78, 5) is 48.8. The summed E-state index contributed by atoms with van der Waals surface area (Å²) in [6.07, 6.45) is 4.88. The van der Waals surface area contributed by atoms with Crippen molar-refractivity contribution in [3.8, 4) is 22.4 Å². The number of piperidine rings is 1. The van der Waals surface area contributed by atoms with Gasteiger partial charge in [-0.3, -0.25) is 14.6 Å². The molecule has 3 aromatic heterocycles. The van der Waals surface area contributed by atoms with E-state index in [-0.39, 0.29) is 23.6 Å². The van der Waals surface area contributed by atoms with E-state index in [1.165, 1.54) is 6.92 Å². The maximum absolute atomic E-state index is 12.9. The standard InChI is InChI=1S/C29H30N8O3/c1-17(38)24-25(19-10-12-36(13-11-19)28(39)23-16-32-29(40)34-23)35-26-21(15-33-37(26)27(24)30-2)20-8-9-22(31-14-20)18-6-4-3-5-7-18/h3-9,14-15,19,23,30H,10-13,16H2,1-2H3,(H2,32,34,40). The maximum Gasteiger partial charge on any atom is 0.315 e. The van der Waals surface area contributed by atoms with E-state index in [9.17, 15) is 14.4 Å². The number of pyridine rings is 1. The van der Waals surface area contributed by atoms with E-state index in [1.807, 2.05) is 48.7 Å². The van der Waals surface area contributed by atoms with Crippen LogP contribution in [0, 0.1) is 0 Å². The van der Waals surface area contributed by atoms with Crippen LogP contribution in [0.3, 0.4) is 0 Å². The normalized spacial score (nSPS) is 17.5. The van der Waals surface area contributed by atoms with Gasteiger partial charge in [0.1, 0.15) is 11.9 Å². The topological polar surface area (TPSA) is 134 Å². The Kier molecular flexibility index (Phi) is 6.63. The predicted molar refractivity (Wildman–Crippen MR) is 150 cm³/mol. The number of rotatable bonds is 6. The number of anilines is 1. The van der Waals surface area contributed by atoms with Gasteiger partial charge in [-0.15, -0.1) is 0 Å². The van der Waals surface area contributed by atoms with Crippen LogP contribution in [0.1, 0.15) is 41.7 Å². The van der Waals surface area contributed by atoms with E-state index >= 15 is 0 Å². The number of carbonyl (C=O) groups excluding carboxylic acids is 3. The number of hydrogen-bond donors (Lipinski definition) is 3. The zero-order valence-corrected chi connectivity index (χ0v) is 22.3. The largest absolute Gasteiger partial charge is 0.372 e. The smallest absolute Gasteiger partial charge is 0.315 e. The summed E-state index contributed by atoms with van der Waals surface area (Å²) in [7, 11) is 1.77. The quantitative estimate of drug-likeness (QED) is 0.321. The number of ketones is 1. The summed E-state index contributed by atoms with van der Waals surface area (Å²) in [5.41, 5.74) is 5.46. The monoisotopic (exact) mass is 538 g/mol. The lowest BCUT2D eigenvalue weighted by molar-refractivity contribution is -0.133. The summed E-state index contributed by atoms with van der Waals surface area (Å²) >= 11 is 0. The number of amides is 3. The molecule has 5 heterocycles. The van der Waals surface area contributed by atoms with Crippen molar-refractivity contribution in [2.45, 2.75) is 31.7 Å². The highest BCUT2D eigenvalue weighted by Crippen LogP contribution is 2.36. The fourth-order valence-corrected chi connectivity index (χ4v) is 5.62. The highest BCUT2D eigenvalue weighted by molar-refractivity contribution is 6.01. The molecule has 204 valence electrons. The van der Waals surface area contributed by atoms with Crippen LogP contribution in [0.4, 0.5) is 10.6 Å². The van der Waals surface area contributed by atoms with Crippen molar-refractivity contribution in [3.05, 3.63) is 66.1 Å². The van der Waals surface area contributed by atoms with Crippen LogP contribution in [0.2, 0.25) is 0 Å². The molecule has 1 aromatic carbocycles. The van der Waals surface area contributed by atoms with E-state index in [0.717, 1.165) is 22.4 Å². The Morgan fingerprint density at radius 2 is 1.80 bits per heavy atom. The maximum atomic E-state index is 12.9. The van der Waals surface area contributed by atoms with Crippen LogP contribution in [-0.4, -0.2) is 74.9 Å². The highest BCUT2D eigenvalue weighted by Gasteiger charge is 2.35. The van der Waals surface area contributed by atoms with E-state index < -0.39 is 6.04 Å². The SMILES string of the molecule is CNc1c(C(C)=O)c(C2CCN(C(=O)C3CNC(=O)N3)CC2)nc2c(-c3ccc(-c4ccccc4)nc3)cnn12. The summed E-state index contributed by atoms with van der Waals surface area (Å²) in [6.45, 7) is 2.87. The molecule has 40 heavy (non-hydrogen) atoms. The Balaban J connectivity index is 1.33. The third-order valence-corrected chi connectivity index (χ3v) is 7.67. The molecular formula is C29H30N8O3. The Morgan fingerprint density at radius 1 is 1.02 bits per heavy atom. The van der Waals surface area contributed by atoms with Crippen molar-refractivity contribution in [2.75, 3.05) is 32.0 Å². The predicted octanol–water partition coefficient (Wildman–Crippen LogP) is 3.09. The van der Waals surface area contributed by atoms with Gasteiger partial charge in [0.05, 0.1) is 23.1 Å². The molecule has 3 N–H and O–H groups in total. The molecule has 0 aliphatic carbocycles. The van der Waals surface area contributed by atoms with Gasteiger partial charge in [0.25, 0.3) is 0 Å². The average Bonchev–Trinajstić information content (AvgIpc) is 3.62. The minimum atomic E-state index is -0.543. The first-order valence-electron chi connectivity index (χ1n) is 13.4. The molecule has 2 fully saturated rings. The van der Waals surface area contributed by atoms with Gasteiger partial charge < -0.3 is 20.9 Å². The third-order valence-electron chi connectivity index (χ3n) is 7.67. The van der Waals surface area contributed by atoms with Crippen molar-refractivity contribution in [3.63, 3.8) is 0 Å². The molecular weight excluding hydrogens is 508 g/mol. The van der Waals surface area contributed by atoms with Gasteiger partial charge in [-0.1, -0.05) is 36.4 Å². The van der Waals surface area contributed by atoms with E-state index in [4.69, 9.17) is 4.98 Å². The number of fused-ring (bicyclic) bond motifs is 1. The van der Waals surface area contributed by atoms with Crippen LogP contribution in [-0.2, 0) is 4.79 Å². The van der Waals surface area contributed by atoms with Crippen molar-refractivity contribution in [2.24, 2.45) is 0 Å². The lowest BCUT2D eigenvalue weighted by Gasteiger charge is -2.33. The number of nitrogens with one attached hydrogen (secondary N) is 3. The number of aromatic nitrogens is 4. The second-order valence-corrected chi connectivity index (χ2v) is 10.1. The number of likely N-dealkylation sites (tertiary alicyclic amines) is 1. The number of hydrogen-bond acceptors (Lipinski definition) is 7. The lowest BCUT2D eigenvalue weighted by Crippen LogP contribution is -2.48. The van der Waals surface area contributed by atoms with Crippen molar-refractivity contribution >= 4 is 29.2 Å². The molecule has 6 rings (SSSR count). The van der Waals surface area contributed by atoms with Gasteiger partial charge in [-0.05, 0) is 25.8 Å².